The van der Waals surface area contributed by atoms with Crippen LogP contribution in [0.25, 0.3) is 0 Å². The number of hydrogen-bond donors (Lipinski definition) is 1. The Hall–Kier alpha value is -1.94. The van der Waals surface area contributed by atoms with Crippen LogP contribution >= 0.6 is 11.3 Å². The van der Waals surface area contributed by atoms with Gasteiger partial charge in [-0.15, -0.1) is 11.3 Å². The van der Waals surface area contributed by atoms with Gasteiger partial charge < -0.3 is 10.1 Å². The number of carbonyl (C=O) groups is 1. The first-order valence-electron chi connectivity index (χ1n) is 11.2. The number of rotatable bonds is 7. The number of methoxy groups -OCH3 is 1. The monoisotopic (exact) mass is 477 g/mol. The van der Waals surface area contributed by atoms with Gasteiger partial charge in [-0.2, -0.15) is 4.31 Å². The summed E-state index contributed by atoms with van der Waals surface area (Å²) in [5, 5.41) is 4.99. The molecular formula is C23H31N3O4S2. The molecule has 0 saturated carbocycles. The SMILES string of the molecule is COc1ccccc1CN1CCC(NC(=O)C2CCN(S(=O)(=O)c3cccs3)CC2)CC1. The van der Waals surface area contributed by atoms with Gasteiger partial charge in [0, 0.05) is 50.2 Å². The van der Waals surface area contributed by atoms with E-state index in [4.69, 9.17) is 4.74 Å². The second-order valence-electron chi connectivity index (χ2n) is 8.48. The van der Waals surface area contributed by atoms with E-state index in [2.05, 4.69) is 16.3 Å². The fourth-order valence-corrected chi connectivity index (χ4v) is 7.14. The van der Waals surface area contributed by atoms with Crippen LogP contribution in [0, 0.1) is 5.92 Å². The number of nitrogens with one attached hydrogen (secondary N) is 1. The van der Waals surface area contributed by atoms with Crippen molar-refractivity contribution in [1.82, 2.24) is 14.5 Å². The summed E-state index contributed by atoms with van der Waals surface area (Å²) >= 11 is 1.24. The topological polar surface area (TPSA) is 79.0 Å². The van der Waals surface area contributed by atoms with E-state index in [1.54, 1.807) is 24.6 Å². The zero-order valence-corrected chi connectivity index (χ0v) is 20.0. The first kappa shape index (κ1) is 23.2. The Morgan fingerprint density at radius 1 is 1.06 bits per heavy atom. The fraction of sp³-hybridized carbons (Fsp3) is 0.522. The van der Waals surface area contributed by atoms with E-state index >= 15 is 0 Å². The lowest BCUT2D eigenvalue weighted by Gasteiger charge is -2.34. The molecule has 2 aliphatic rings. The van der Waals surface area contributed by atoms with E-state index in [1.165, 1.54) is 21.2 Å². The number of hydrogen-bond acceptors (Lipinski definition) is 6. The maximum Gasteiger partial charge on any atom is 0.252 e. The molecule has 0 spiro atoms. The van der Waals surface area contributed by atoms with Gasteiger partial charge in [0.25, 0.3) is 10.0 Å². The van der Waals surface area contributed by atoms with E-state index in [0.29, 0.717) is 30.1 Å². The minimum atomic E-state index is -3.43. The minimum Gasteiger partial charge on any atom is -0.496 e. The lowest BCUT2D eigenvalue weighted by molar-refractivity contribution is -0.127. The number of amides is 1. The van der Waals surface area contributed by atoms with Gasteiger partial charge >= 0.3 is 0 Å². The quantitative estimate of drug-likeness (QED) is 0.663. The number of piperidine rings is 2. The Bertz CT molecular complexity index is 994. The minimum absolute atomic E-state index is 0.0707. The number of carbonyl (C=O) groups excluding carboxylic acids is 1. The van der Waals surface area contributed by atoms with Crippen molar-refractivity contribution in [2.45, 2.75) is 42.5 Å². The van der Waals surface area contributed by atoms with Crippen molar-refractivity contribution in [3.8, 4) is 5.75 Å². The van der Waals surface area contributed by atoms with Crippen molar-refractivity contribution in [3.63, 3.8) is 0 Å². The highest BCUT2D eigenvalue weighted by atomic mass is 32.2. The third-order valence-electron chi connectivity index (χ3n) is 6.43. The molecule has 1 amide bonds. The van der Waals surface area contributed by atoms with E-state index in [1.807, 2.05) is 18.2 Å². The molecule has 2 saturated heterocycles. The second-order valence-corrected chi connectivity index (χ2v) is 11.6. The molecule has 2 aromatic rings. The standard InChI is InChI=1S/C23H31N3O4S2/c1-30-21-6-3-2-5-19(21)17-25-12-10-20(11-13-25)24-23(27)18-8-14-26(15-9-18)32(28,29)22-7-4-16-31-22/h2-7,16,18,20H,8-15,17H2,1H3,(H,24,27). The van der Waals surface area contributed by atoms with Gasteiger partial charge in [0.2, 0.25) is 5.91 Å². The molecule has 1 aromatic carbocycles. The maximum atomic E-state index is 12.8. The molecule has 2 fully saturated rings. The molecule has 0 unspecified atom stereocenters. The highest BCUT2D eigenvalue weighted by molar-refractivity contribution is 7.91. The van der Waals surface area contributed by atoms with Crippen LogP contribution in [-0.2, 0) is 21.4 Å². The number of para-hydroxylation sites is 1. The average Bonchev–Trinajstić information content (AvgIpc) is 3.37. The van der Waals surface area contributed by atoms with Gasteiger partial charge in [-0.25, -0.2) is 8.42 Å². The summed E-state index contributed by atoms with van der Waals surface area (Å²) < 4.78 is 32.7. The molecule has 1 aromatic heterocycles. The molecule has 174 valence electrons. The van der Waals surface area contributed by atoms with Crippen molar-refractivity contribution < 1.29 is 17.9 Å². The highest BCUT2D eigenvalue weighted by Crippen LogP contribution is 2.27. The predicted molar refractivity (Wildman–Crippen MR) is 125 cm³/mol. The molecule has 32 heavy (non-hydrogen) atoms. The highest BCUT2D eigenvalue weighted by Gasteiger charge is 2.33. The number of likely N-dealkylation sites (tertiary alicyclic amines) is 1. The van der Waals surface area contributed by atoms with Crippen LogP contribution in [0.4, 0.5) is 0 Å². The summed E-state index contributed by atoms with van der Waals surface area (Å²) in [6.45, 7) is 3.51. The van der Waals surface area contributed by atoms with Crippen molar-refractivity contribution in [3.05, 3.63) is 47.3 Å². The van der Waals surface area contributed by atoms with Crippen molar-refractivity contribution >= 4 is 27.3 Å². The van der Waals surface area contributed by atoms with E-state index in [0.717, 1.165) is 38.2 Å². The van der Waals surface area contributed by atoms with Crippen molar-refractivity contribution in [2.24, 2.45) is 5.92 Å². The largest absolute Gasteiger partial charge is 0.496 e. The lowest BCUT2D eigenvalue weighted by atomic mass is 9.95. The molecule has 0 bridgehead atoms. The molecule has 3 heterocycles. The maximum absolute atomic E-state index is 12.8. The van der Waals surface area contributed by atoms with Crippen molar-refractivity contribution in [1.29, 1.82) is 0 Å². The lowest BCUT2D eigenvalue weighted by Crippen LogP contribution is -2.48. The van der Waals surface area contributed by atoms with Crippen LogP contribution in [0.3, 0.4) is 0 Å². The summed E-state index contributed by atoms with van der Waals surface area (Å²) in [6, 6.07) is 11.7. The molecule has 1 N–H and O–H groups in total. The number of nitrogens with zero attached hydrogens (tertiary/aromatic N) is 2. The molecule has 0 radical (unpaired) electrons. The van der Waals surface area contributed by atoms with Crippen LogP contribution in [0.1, 0.15) is 31.2 Å². The predicted octanol–water partition coefficient (Wildman–Crippen LogP) is 2.94. The molecule has 4 rings (SSSR count). The Labute approximate surface area is 194 Å². The number of sulfonamides is 1. The van der Waals surface area contributed by atoms with Gasteiger partial charge in [0.05, 0.1) is 7.11 Å². The number of benzene rings is 1. The fourth-order valence-electron chi connectivity index (χ4n) is 4.52. The zero-order valence-electron chi connectivity index (χ0n) is 18.4. The van der Waals surface area contributed by atoms with Gasteiger partial charge in [-0.3, -0.25) is 9.69 Å². The average molecular weight is 478 g/mol. The van der Waals surface area contributed by atoms with Crippen molar-refractivity contribution in [2.75, 3.05) is 33.3 Å². The number of ether oxygens (including phenoxy) is 1. The number of thiophene rings is 1. The summed E-state index contributed by atoms with van der Waals surface area (Å²) in [4.78, 5) is 15.2. The normalized spacial score (nSPS) is 19.7. The first-order valence-corrected chi connectivity index (χ1v) is 13.5. The van der Waals surface area contributed by atoms with Gasteiger partial charge in [-0.05, 0) is 43.2 Å². The summed E-state index contributed by atoms with van der Waals surface area (Å²) in [6.07, 6.45) is 2.99. The van der Waals surface area contributed by atoms with Gasteiger partial charge in [0.15, 0.2) is 0 Å². The van der Waals surface area contributed by atoms with Crippen LogP contribution in [0.15, 0.2) is 46.0 Å². The van der Waals surface area contributed by atoms with Crippen LogP contribution in [0.2, 0.25) is 0 Å². The molecule has 0 aliphatic carbocycles. The Morgan fingerprint density at radius 2 is 1.78 bits per heavy atom. The Kier molecular flexibility index (Phi) is 7.50. The zero-order chi connectivity index (χ0) is 22.6. The smallest absolute Gasteiger partial charge is 0.252 e. The molecule has 2 aliphatic heterocycles. The van der Waals surface area contributed by atoms with Gasteiger partial charge in [0.1, 0.15) is 9.96 Å². The molecule has 9 heteroatoms. The summed E-state index contributed by atoms with van der Waals surface area (Å²) in [5.74, 6) is 0.869. The summed E-state index contributed by atoms with van der Waals surface area (Å²) in [5.41, 5.74) is 1.18. The van der Waals surface area contributed by atoms with Crippen LogP contribution < -0.4 is 10.1 Å². The third-order valence-corrected chi connectivity index (χ3v) is 9.71. The Morgan fingerprint density at radius 3 is 2.44 bits per heavy atom. The molecule has 0 atom stereocenters. The van der Waals surface area contributed by atoms with E-state index in [9.17, 15) is 13.2 Å². The van der Waals surface area contributed by atoms with E-state index < -0.39 is 10.0 Å². The van der Waals surface area contributed by atoms with Crippen LogP contribution in [-0.4, -0.2) is 62.9 Å². The van der Waals surface area contributed by atoms with Gasteiger partial charge in [-0.1, -0.05) is 24.3 Å². The Balaban J connectivity index is 1.22. The molecule has 7 nitrogen and oxygen atoms in total. The molecular weight excluding hydrogens is 446 g/mol. The van der Waals surface area contributed by atoms with E-state index in [-0.39, 0.29) is 17.9 Å². The summed E-state index contributed by atoms with van der Waals surface area (Å²) in [7, 11) is -1.73. The third kappa shape index (κ3) is 5.33. The second kappa shape index (κ2) is 10.3. The van der Waals surface area contributed by atoms with Crippen LogP contribution in [0.5, 0.6) is 5.75 Å². The first-order chi connectivity index (χ1) is 15.5.